The van der Waals surface area contributed by atoms with Gasteiger partial charge in [0.15, 0.2) is 5.54 Å². The van der Waals surface area contributed by atoms with E-state index in [-0.39, 0.29) is 5.91 Å². The minimum atomic E-state index is -1.54. The first-order valence-corrected chi connectivity index (χ1v) is 12.6. The maximum atomic E-state index is 14.2. The van der Waals surface area contributed by atoms with Crippen molar-refractivity contribution in [1.82, 2.24) is 5.32 Å². The summed E-state index contributed by atoms with van der Waals surface area (Å²) in [5.74, 6) is -2.60. The lowest BCUT2D eigenvalue weighted by molar-refractivity contribution is -0.152. The number of methoxy groups -OCH3 is 1. The number of carbonyl (C=O) groups is 3. The van der Waals surface area contributed by atoms with Crippen LogP contribution in [0, 0.1) is 11.8 Å². The fraction of sp³-hybridized carbons (Fsp3) is 0.300. The van der Waals surface area contributed by atoms with E-state index in [1.165, 1.54) is 12.0 Å². The summed E-state index contributed by atoms with van der Waals surface area (Å²) in [7, 11) is 5.20. The van der Waals surface area contributed by atoms with E-state index in [0.29, 0.717) is 23.6 Å². The number of amides is 2. The van der Waals surface area contributed by atoms with E-state index < -0.39 is 35.3 Å². The highest BCUT2D eigenvalue weighted by molar-refractivity contribution is 6.24. The topological polar surface area (TPSA) is 88.2 Å². The molecule has 2 aliphatic heterocycles. The molecule has 0 unspecified atom stereocenters. The van der Waals surface area contributed by atoms with Gasteiger partial charge in [0, 0.05) is 25.8 Å². The van der Waals surface area contributed by atoms with Crippen LogP contribution in [0.2, 0.25) is 0 Å². The molecular formula is C30H31N3O5. The third kappa shape index (κ3) is 3.92. The molecule has 0 aromatic heterocycles. The number of fused-ring (bicyclic) bond motifs is 1. The number of anilines is 2. The van der Waals surface area contributed by atoms with E-state index in [9.17, 15) is 14.4 Å². The summed E-state index contributed by atoms with van der Waals surface area (Å²) in [4.78, 5) is 45.0. The molecule has 0 saturated carbocycles. The van der Waals surface area contributed by atoms with Crippen LogP contribution in [0.1, 0.15) is 24.1 Å². The van der Waals surface area contributed by atoms with Crippen molar-refractivity contribution in [3.8, 4) is 5.75 Å². The summed E-state index contributed by atoms with van der Waals surface area (Å²) in [6.45, 7) is 2.39. The van der Waals surface area contributed by atoms with Crippen LogP contribution in [-0.2, 0) is 24.7 Å². The van der Waals surface area contributed by atoms with Gasteiger partial charge in [0.1, 0.15) is 5.75 Å². The van der Waals surface area contributed by atoms with Gasteiger partial charge in [-0.25, -0.2) is 9.69 Å². The number of carbonyl (C=O) groups excluding carboxylic acids is 3. The van der Waals surface area contributed by atoms with Crippen molar-refractivity contribution in [2.45, 2.75) is 18.5 Å². The van der Waals surface area contributed by atoms with Crippen LogP contribution in [0.25, 0.3) is 0 Å². The Kier molecular flexibility index (Phi) is 6.67. The van der Waals surface area contributed by atoms with Gasteiger partial charge in [-0.2, -0.15) is 0 Å². The molecule has 196 valence electrons. The molecule has 3 aromatic rings. The number of nitrogens with zero attached hydrogens (tertiary/aromatic N) is 2. The standard InChI is InChI=1S/C30H31N3O5/c1-5-38-23-17-15-22(16-18-23)33-27(34)24-25(28(33)35)30(29(36)37-4,20-9-7-6-8-10-20)31-26(24)19-11-13-21(14-12-19)32(2)3/h6-18,24-26,31H,5H2,1-4H3/t24-,25-,26-,30+/m0/s1. The third-order valence-electron chi connectivity index (χ3n) is 7.47. The predicted octanol–water partition coefficient (Wildman–Crippen LogP) is 3.67. The maximum absolute atomic E-state index is 14.2. The van der Waals surface area contributed by atoms with Crippen molar-refractivity contribution >= 4 is 29.2 Å². The molecule has 0 radical (unpaired) electrons. The van der Waals surface area contributed by atoms with Gasteiger partial charge in [0.05, 0.1) is 31.2 Å². The van der Waals surface area contributed by atoms with Gasteiger partial charge < -0.3 is 14.4 Å². The van der Waals surface area contributed by atoms with Gasteiger partial charge in [0.2, 0.25) is 11.8 Å². The minimum absolute atomic E-state index is 0.361. The molecule has 0 bridgehead atoms. The number of hydrogen-bond acceptors (Lipinski definition) is 7. The van der Waals surface area contributed by atoms with Crippen molar-refractivity contribution in [2.24, 2.45) is 11.8 Å². The second-order valence-corrected chi connectivity index (χ2v) is 9.72. The van der Waals surface area contributed by atoms with Crippen molar-refractivity contribution in [1.29, 1.82) is 0 Å². The van der Waals surface area contributed by atoms with Crippen molar-refractivity contribution < 1.29 is 23.9 Å². The van der Waals surface area contributed by atoms with E-state index >= 15 is 0 Å². The van der Waals surface area contributed by atoms with Crippen molar-refractivity contribution in [3.05, 3.63) is 90.0 Å². The monoisotopic (exact) mass is 513 g/mol. The Hall–Kier alpha value is -4.17. The SMILES string of the molecule is CCOc1ccc(N2C(=O)[C@H]3[C@@H](C2=O)[C@@](C(=O)OC)(c2ccccc2)N[C@H]3c2ccc(N(C)C)cc2)cc1. The molecule has 4 atom stereocenters. The summed E-state index contributed by atoms with van der Waals surface area (Å²) in [6.07, 6.45) is 0. The molecule has 2 amide bonds. The zero-order valence-corrected chi connectivity index (χ0v) is 21.9. The predicted molar refractivity (Wildman–Crippen MR) is 144 cm³/mol. The largest absolute Gasteiger partial charge is 0.494 e. The number of benzene rings is 3. The van der Waals surface area contributed by atoms with Gasteiger partial charge >= 0.3 is 5.97 Å². The zero-order chi connectivity index (χ0) is 27.0. The number of rotatable bonds is 7. The number of ether oxygens (including phenoxy) is 2. The maximum Gasteiger partial charge on any atom is 0.331 e. The van der Waals surface area contributed by atoms with Crippen LogP contribution in [0.5, 0.6) is 5.75 Å². The van der Waals surface area contributed by atoms with Crippen LogP contribution < -0.4 is 19.9 Å². The van der Waals surface area contributed by atoms with E-state index in [1.807, 2.05) is 56.3 Å². The number of esters is 1. The first-order chi connectivity index (χ1) is 18.3. The Morgan fingerprint density at radius 1 is 0.947 bits per heavy atom. The van der Waals surface area contributed by atoms with Crippen molar-refractivity contribution in [3.63, 3.8) is 0 Å². The van der Waals surface area contributed by atoms with Gasteiger partial charge in [-0.3, -0.25) is 14.9 Å². The Bertz CT molecular complexity index is 1340. The number of nitrogens with one attached hydrogen (secondary N) is 1. The summed E-state index contributed by atoms with van der Waals surface area (Å²) in [5.41, 5.74) is 1.27. The molecule has 0 aliphatic carbocycles. The lowest BCUT2D eigenvalue weighted by atomic mass is 9.75. The van der Waals surface area contributed by atoms with Crippen LogP contribution in [-0.4, -0.2) is 45.6 Å². The molecule has 3 aromatic carbocycles. The fourth-order valence-corrected chi connectivity index (χ4v) is 5.72. The van der Waals surface area contributed by atoms with Gasteiger partial charge in [-0.05, 0) is 54.4 Å². The highest BCUT2D eigenvalue weighted by Gasteiger charge is 2.69. The second-order valence-electron chi connectivity index (χ2n) is 9.72. The fourth-order valence-electron chi connectivity index (χ4n) is 5.72. The van der Waals surface area contributed by atoms with E-state index in [0.717, 1.165) is 11.3 Å². The Morgan fingerprint density at radius 2 is 1.61 bits per heavy atom. The van der Waals surface area contributed by atoms with Gasteiger partial charge in [0.25, 0.3) is 0 Å². The second kappa shape index (κ2) is 9.95. The first kappa shape index (κ1) is 25.5. The molecule has 2 aliphatic rings. The van der Waals surface area contributed by atoms with Crippen molar-refractivity contribution in [2.75, 3.05) is 37.6 Å². The smallest absolute Gasteiger partial charge is 0.331 e. The number of hydrogen-bond donors (Lipinski definition) is 1. The summed E-state index contributed by atoms with van der Waals surface area (Å²) in [6, 6.07) is 23.1. The normalized spacial score (nSPS) is 24.3. The number of imide groups is 1. The minimum Gasteiger partial charge on any atom is -0.494 e. The van der Waals surface area contributed by atoms with Crippen LogP contribution >= 0.6 is 0 Å². The van der Waals surface area contributed by atoms with E-state index in [2.05, 4.69) is 5.32 Å². The molecule has 8 nitrogen and oxygen atoms in total. The van der Waals surface area contributed by atoms with Crippen LogP contribution in [0.15, 0.2) is 78.9 Å². The molecule has 5 rings (SSSR count). The van der Waals surface area contributed by atoms with Crippen LogP contribution in [0.4, 0.5) is 11.4 Å². The lowest BCUT2D eigenvalue weighted by Crippen LogP contribution is -2.53. The lowest BCUT2D eigenvalue weighted by Gasteiger charge is -2.33. The molecular weight excluding hydrogens is 482 g/mol. The van der Waals surface area contributed by atoms with Gasteiger partial charge in [-0.1, -0.05) is 42.5 Å². The quantitative estimate of drug-likeness (QED) is 0.381. The highest BCUT2D eigenvalue weighted by atomic mass is 16.5. The zero-order valence-electron chi connectivity index (χ0n) is 21.9. The first-order valence-electron chi connectivity index (χ1n) is 12.6. The third-order valence-corrected chi connectivity index (χ3v) is 7.47. The average Bonchev–Trinajstić information content (AvgIpc) is 3.43. The molecule has 0 spiro atoms. The van der Waals surface area contributed by atoms with E-state index in [1.54, 1.807) is 48.5 Å². The summed E-state index contributed by atoms with van der Waals surface area (Å²) >= 11 is 0. The summed E-state index contributed by atoms with van der Waals surface area (Å²) < 4.78 is 10.8. The molecule has 38 heavy (non-hydrogen) atoms. The molecule has 2 heterocycles. The Labute approximate surface area is 222 Å². The molecule has 8 heteroatoms. The highest BCUT2D eigenvalue weighted by Crippen LogP contribution is 2.54. The average molecular weight is 514 g/mol. The Balaban J connectivity index is 1.66. The van der Waals surface area contributed by atoms with Gasteiger partial charge in [-0.15, -0.1) is 0 Å². The Morgan fingerprint density at radius 3 is 2.18 bits per heavy atom. The summed E-state index contributed by atoms with van der Waals surface area (Å²) in [5, 5.41) is 3.42. The van der Waals surface area contributed by atoms with E-state index in [4.69, 9.17) is 9.47 Å². The molecule has 2 fully saturated rings. The molecule has 2 saturated heterocycles. The molecule has 1 N–H and O–H groups in total. The van der Waals surface area contributed by atoms with Crippen LogP contribution in [0.3, 0.4) is 0 Å².